The summed E-state index contributed by atoms with van der Waals surface area (Å²) in [4.78, 5) is 4.51. The molecule has 0 atom stereocenters. The van der Waals surface area contributed by atoms with Gasteiger partial charge in [-0.25, -0.2) is 0 Å². The van der Waals surface area contributed by atoms with E-state index in [1.165, 1.54) is 72.7 Å². The molecular formula is C64H76B2Br4N2O4S. The highest BCUT2D eigenvalue weighted by atomic mass is 79.9. The predicted molar refractivity (Wildman–Crippen MR) is 344 cm³/mol. The Kier molecular flexibility index (Phi) is 22.1. The van der Waals surface area contributed by atoms with E-state index in [-0.39, 0.29) is 36.6 Å². The van der Waals surface area contributed by atoms with Crippen LogP contribution in [-0.4, -0.2) is 36.6 Å². The van der Waals surface area contributed by atoms with Crippen molar-refractivity contribution in [3.8, 4) is 0 Å². The summed E-state index contributed by atoms with van der Waals surface area (Å²) in [5.41, 5.74) is 9.98. The van der Waals surface area contributed by atoms with Crippen LogP contribution in [0.5, 0.6) is 0 Å². The molecule has 6 aromatic carbocycles. The third-order valence-electron chi connectivity index (χ3n) is 15.1. The first-order valence-corrected chi connectivity index (χ1v) is 31.3. The second-order valence-corrected chi connectivity index (χ2v) is 26.9. The molecule has 1 aromatic heterocycles. The topological polar surface area (TPSA) is 43.4 Å². The van der Waals surface area contributed by atoms with Gasteiger partial charge in [-0.05, 0) is 240 Å². The van der Waals surface area contributed by atoms with E-state index in [4.69, 9.17) is 18.6 Å². The molecule has 7 aromatic rings. The summed E-state index contributed by atoms with van der Waals surface area (Å²) in [7, 11) is -0.779. The van der Waals surface area contributed by atoms with Crippen molar-refractivity contribution in [2.45, 2.75) is 156 Å². The average Bonchev–Trinajstić information content (AvgIpc) is 4.04. The minimum absolute atomic E-state index is 0.374. The highest BCUT2D eigenvalue weighted by Gasteiger charge is 2.52. The van der Waals surface area contributed by atoms with Gasteiger partial charge in [0, 0.05) is 47.5 Å². The number of anilines is 6. The zero-order valence-corrected chi connectivity index (χ0v) is 53.8. The van der Waals surface area contributed by atoms with E-state index < -0.39 is 0 Å². The first kappa shape index (κ1) is 61.1. The molecule has 9 rings (SSSR count). The molecule has 77 heavy (non-hydrogen) atoms. The Morgan fingerprint density at radius 2 is 0.688 bits per heavy atom. The predicted octanol–water partition coefficient (Wildman–Crippen LogP) is 20.0. The molecule has 0 spiro atoms. The van der Waals surface area contributed by atoms with Gasteiger partial charge in [-0.3, -0.25) is 0 Å². The Bertz CT molecular complexity index is 2680. The lowest BCUT2D eigenvalue weighted by Crippen LogP contribution is -2.41. The monoisotopic (exact) mass is 1310 g/mol. The molecular weight excluding hydrogens is 1230 g/mol. The third-order valence-corrected chi connectivity index (χ3v) is 18.5. The quantitative estimate of drug-likeness (QED) is 0.0630. The molecule has 2 aliphatic rings. The summed E-state index contributed by atoms with van der Waals surface area (Å²) in [6.07, 6.45) is 13.1. The standard InChI is InChI=1S/C34H45B2NO4.C18H12Br3N.C12H19BrS/c1-10-11-12-25-13-19-28(20-14-25)37(29-21-15-26(16-22-29)35-38-31(2,3)32(4,5)39-35)30-23-17-27(18-24-30)36-40-33(6,7)34(8,9)41-36;19-13-1-7-16(8-2-13)22(17-9-3-14(20)4-10-17)18-11-5-15(21)6-12-18;1-2-3-4-5-6-7-8-11-9-10-14-12(11)13/h13-24H,10-12H2,1-9H3;1-12H;9-10H,2-8H2,1H3. The van der Waals surface area contributed by atoms with E-state index >= 15 is 0 Å². The molecule has 3 heterocycles. The lowest BCUT2D eigenvalue weighted by molar-refractivity contribution is 0.00578. The number of rotatable bonds is 18. The van der Waals surface area contributed by atoms with E-state index in [2.05, 4.69) is 300 Å². The van der Waals surface area contributed by atoms with Crippen LogP contribution in [-0.2, 0) is 31.5 Å². The molecule has 406 valence electrons. The maximum Gasteiger partial charge on any atom is 0.494 e. The van der Waals surface area contributed by atoms with Crippen molar-refractivity contribution in [1.82, 2.24) is 0 Å². The molecule has 13 heteroatoms. The highest BCUT2D eigenvalue weighted by Crippen LogP contribution is 2.40. The fourth-order valence-corrected chi connectivity index (χ4v) is 11.1. The second-order valence-electron chi connectivity index (χ2n) is 22.0. The Morgan fingerprint density at radius 3 is 1.01 bits per heavy atom. The maximum atomic E-state index is 6.30. The summed E-state index contributed by atoms with van der Waals surface area (Å²) in [5.74, 6) is 0. The lowest BCUT2D eigenvalue weighted by atomic mass is 9.79. The number of hydrogen-bond donors (Lipinski definition) is 0. The number of benzene rings is 6. The fraction of sp³-hybridized carbons (Fsp3) is 0.375. The summed E-state index contributed by atoms with van der Waals surface area (Å²) in [6, 6.07) is 53.2. The first-order chi connectivity index (χ1) is 36.7. The van der Waals surface area contributed by atoms with Gasteiger partial charge >= 0.3 is 14.2 Å². The van der Waals surface area contributed by atoms with Crippen LogP contribution >= 0.6 is 75.1 Å². The minimum atomic E-state index is -0.389. The number of thiophene rings is 1. The van der Waals surface area contributed by atoms with Crippen molar-refractivity contribution in [1.29, 1.82) is 0 Å². The molecule has 0 unspecified atom stereocenters. The molecule has 2 aliphatic heterocycles. The van der Waals surface area contributed by atoms with E-state index in [0.717, 1.165) is 64.9 Å². The van der Waals surface area contributed by atoms with Crippen LogP contribution in [0.2, 0.25) is 0 Å². The largest absolute Gasteiger partial charge is 0.494 e. The van der Waals surface area contributed by atoms with Crippen LogP contribution in [0.3, 0.4) is 0 Å². The SMILES string of the molecule is Brc1ccc(N(c2ccc(Br)cc2)c2ccc(Br)cc2)cc1.CCCCCCCCc1ccsc1Br.CCCCc1ccc(N(c2ccc(B3OC(C)(C)C(C)(C)O3)cc2)c2ccc(B3OC(C)(C)C(C)(C)O3)cc2)cc1. The highest BCUT2D eigenvalue weighted by molar-refractivity contribution is 9.11. The molecule has 2 saturated heterocycles. The van der Waals surface area contributed by atoms with Crippen LogP contribution in [0, 0.1) is 0 Å². The van der Waals surface area contributed by atoms with Gasteiger partial charge < -0.3 is 28.4 Å². The van der Waals surface area contributed by atoms with E-state index in [0.29, 0.717) is 0 Å². The van der Waals surface area contributed by atoms with Crippen molar-refractivity contribution >= 4 is 134 Å². The van der Waals surface area contributed by atoms with E-state index in [9.17, 15) is 0 Å². The van der Waals surface area contributed by atoms with Gasteiger partial charge in [0.05, 0.1) is 26.2 Å². The number of hydrogen-bond acceptors (Lipinski definition) is 7. The molecule has 6 nitrogen and oxygen atoms in total. The zero-order chi connectivity index (χ0) is 55.4. The van der Waals surface area contributed by atoms with E-state index in [1.807, 2.05) is 0 Å². The van der Waals surface area contributed by atoms with Gasteiger partial charge in [-0.2, -0.15) is 0 Å². The summed E-state index contributed by atoms with van der Waals surface area (Å²) >= 11 is 15.9. The van der Waals surface area contributed by atoms with E-state index in [1.54, 1.807) is 11.3 Å². The van der Waals surface area contributed by atoms with Gasteiger partial charge in [0.15, 0.2) is 0 Å². The molecule has 2 fully saturated rings. The smallest absolute Gasteiger partial charge is 0.399 e. The molecule has 0 saturated carbocycles. The fourth-order valence-electron chi connectivity index (χ4n) is 8.97. The Hall–Kier alpha value is -3.49. The molecule has 0 aliphatic carbocycles. The normalized spacial score (nSPS) is 15.8. The van der Waals surface area contributed by atoms with Gasteiger partial charge in [-0.15, -0.1) is 11.3 Å². The van der Waals surface area contributed by atoms with Crippen LogP contribution in [0.4, 0.5) is 34.1 Å². The van der Waals surface area contributed by atoms with Crippen LogP contribution < -0.4 is 20.7 Å². The Labute approximate surface area is 499 Å². The third kappa shape index (κ3) is 16.3. The van der Waals surface area contributed by atoms with Crippen LogP contribution in [0.25, 0.3) is 0 Å². The Balaban J connectivity index is 0.000000198. The minimum Gasteiger partial charge on any atom is -0.399 e. The van der Waals surface area contributed by atoms with Crippen molar-refractivity contribution in [3.05, 3.63) is 185 Å². The molecule has 0 amide bonds. The number of aryl methyl sites for hydroxylation is 2. The molecule has 0 N–H and O–H groups in total. The van der Waals surface area contributed by atoms with Crippen molar-refractivity contribution < 1.29 is 18.6 Å². The van der Waals surface area contributed by atoms with Gasteiger partial charge in [0.25, 0.3) is 0 Å². The molecule has 0 radical (unpaired) electrons. The number of halogens is 4. The van der Waals surface area contributed by atoms with Crippen molar-refractivity contribution in [2.75, 3.05) is 9.80 Å². The Morgan fingerprint density at radius 1 is 0.377 bits per heavy atom. The van der Waals surface area contributed by atoms with Crippen molar-refractivity contribution in [2.24, 2.45) is 0 Å². The number of unbranched alkanes of at least 4 members (excludes halogenated alkanes) is 6. The summed E-state index contributed by atoms with van der Waals surface area (Å²) in [6.45, 7) is 21.2. The van der Waals surface area contributed by atoms with Crippen LogP contribution in [0.1, 0.15) is 132 Å². The zero-order valence-electron chi connectivity index (χ0n) is 46.7. The van der Waals surface area contributed by atoms with Gasteiger partial charge in [0.2, 0.25) is 0 Å². The van der Waals surface area contributed by atoms with Crippen LogP contribution in [0.15, 0.2) is 174 Å². The van der Waals surface area contributed by atoms with Gasteiger partial charge in [0.1, 0.15) is 0 Å². The van der Waals surface area contributed by atoms with Crippen molar-refractivity contribution in [3.63, 3.8) is 0 Å². The summed E-state index contributed by atoms with van der Waals surface area (Å²) < 4.78 is 29.7. The summed E-state index contributed by atoms with van der Waals surface area (Å²) in [5, 5.41) is 2.16. The maximum absolute atomic E-state index is 6.30. The average molecular weight is 1310 g/mol. The second kappa shape index (κ2) is 27.8. The molecule has 0 bridgehead atoms. The van der Waals surface area contributed by atoms with Gasteiger partial charge in [-0.1, -0.05) is 137 Å². The number of nitrogens with zero attached hydrogens (tertiary/aromatic N) is 2. The first-order valence-electron chi connectivity index (χ1n) is 27.3. The lowest BCUT2D eigenvalue weighted by Gasteiger charge is -2.32.